The fraction of sp³-hybridized carbons (Fsp3) is 0.207. The highest BCUT2D eigenvalue weighted by molar-refractivity contribution is 6.13. The van der Waals surface area contributed by atoms with Crippen LogP contribution < -0.4 is 18.3 Å². The first-order chi connectivity index (χ1) is 59.6. The van der Waals surface area contributed by atoms with Crippen LogP contribution in [0.3, 0.4) is 0 Å². The Morgan fingerprint density at radius 1 is 0.276 bits per heavy atom. The van der Waals surface area contributed by atoms with Gasteiger partial charge in [-0.3, -0.25) is 0 Å². The molecule has 0 radical (unpaired) electrons. The first-order valence-corrected chi connectivity index (χ1v) is 43.0. The van der Waals surface area contributed by atoms with Crippen molar-refractivity contribution in [2.75, 3.05) is 0 Å². The van der Waals surface area contributed by atoms with Crippen molar-refractivity contribution in [2.24, 2.45) is 45.9 Å². The maximum atomic E-state index is 6.30. The van der Waals surface area contributed by atoms with E-state index in [1.54, 1.807) is 24.8 Å². The monoisotopic (exact) mass is 1610 g/mol. The maximum absolute atomic E-state index is 6.30. The Morgan fingerprint density at radius 2 is 0.610 bits per heavy atom. The van der Waals surface area contributed by atoms with E-state index in [1.165, 1.54) is 89.0 Å². The molecule has 0 aliphatic heterocycles. The van der Waals surface area contributed by atoms with Gasteiger partial charge in [0, 0.05) is 104 Å². The number of aromatic nitrogens is 8. The Hall–Kier alpha value is -13.8. The van der Waals surface area contributed by atoms with Gasteiger partial charge in [-0.1, -0.05) is 201 Å². The fourth-order valence-electron chi connectivity index (χ4n) is 17.6. The third-order valence-electron chi connectivity index (χ3n) is 23.8. The zero-order valence-electron chi connectivity index (χ0n) is 73.4. The summed E-state index contributed by atoms with van der Waals surface area (Å²) >= 11 is 0. The molecule has 0 amide bonds. The molecule has 0 saturated carbocycles. The first kappa shape index (κ1) is 81.5. The van der Waals surface area contributed by atoms with Crippen molar-refractivity contribution in [2.45, 2.75) is 108 Å². The van der Waals surface area contributed by atoms with E-state index in [4.69, 9.17) is 17.7 Å². The number of pyridine rings is 8. The van der Waals surface area contributed by atoms with Crippen LogP contribution in [0.2, 0.25) is 0 Å². The molecule has 0 atom stereocenters. The van der Waals surface area contributed by atoms with Gasteiger partial charge in [0.1, 0.15) is 28.2 Å². The summed E-state index contributed by atoms with van der Waals surface area (Å²) in [6, 6.07) is 86.6. The maximum Gasteiger partial charge on any atom is 0.227 e. The lowest BCUT2D eigenvalue weighted by Crippen LogP contribution is -2.31. The summed E-state index contributed by atoms with van der Waals surface area (Å²) in [5.41, 5.74) is 35.3. The highest BCUT2D eigenvalue weighted by atomic mass is 16.4. The third kappa shape index (κ3) is 16.5. The van der Waals surface area contributed by atoms with Crippen LogP contribution in [-0.2, 0) is 47.5 Å². The fourth-order valence-corrected chi connectivity index (χ4v) is 17.6. The zero-order valence-corrected chi connectivity index (χ0v) is 73.4. The van der Waals surface area contributed by atoms with Crippen molar-refractivity contribution in [3.05, 3.63) is 337 Å². The van der Waals surface area contributed by atoms with Gasteiger partial charge in [-0.05, 0) is 210 Å². The molecule has 0 bridgehead atoms. The summed E-state index contributed by atoms with van der Waals surface area (Å²) in [6.07, 6.45) is 19.0. The number of aryl methyl sites for hydroxylation is 8. The number of nitrogens with zero attached hydrogens (tertiary/aromatic N) is 8. The van der Waals surface area contributed by atoms with Crippen molar-refractivity contribution >= 4 is 88.3 Å². The molecule has 12 nitrogen and oxygen atoms in total. The summed E-state index contributed by atoms with van der Waals surface area (Å²) in [6.45, 7) is 26.6. The van der Waals surface area contributed by atoms with Gasteiger partial charge in [0.25, 0.3) is 0 Å². The van der Waals surface area contributed by atoms with Crippen LogP contribution in [0.4, 0.5) is 0 Å². The summed E-state index contributed by atoms with van der Waals surface area (Å²) in [4.78, 5) is 17.7. The molecule has 0 aliphatic rings. The van der Waals surface area contributed by atoms with Crippen molar-refractivity contribution in [3.63, 3.8) is 0 Å². The van der Waals surface area contributed by atoms with Gasteiger partial charge < -0.3 is 17.7 Å². The summed E-state index contributed by atoms with van der Waals surface area (Å²) in [7, 11) is 8.39. The van der Waals surface area contributed by atoms with Gasteiger partial charge in [-0.15, -0.1) is 0 Å². The Labute approximate surface area is 720 Å². The predicted molar refractivity (Wildman–Crippen MR) is 503 cm³/mol. The first-order valence-electron chi connectivity index (χ1n) is 43.0. The molecule has 0 fully saturated rings. The van der Waals surface area contributed by atoms with Crippen LogP contribution in [0, 0.1) is 45.4 Å². The van der Waals surface area contributed by atoms with Gasteiger partial charge in [0.15, 0.2) is 47.1 Å². The molecule has 20 aromatic rings. The minimum Gasteiger partial charge on any atom is -0.437 e. The molecular formula is C111H106N8O4+4. The minimum atomic E-state index is 0.518. The number of benzene rings is 8. The number of hydrogen-bond donors (Lipinski definition) is 0. The van der Waals surface area contributed by atoms with Crippen LogP contribution in [0.15, 0.2) is 310 Å². The smallest absolute Gasteiger partial charge is 0.227 e. The van der Waals surface area contributed by atoms with Crippen LogP contribution in [0.25, 0.3) is 178 Å². The number of rotatable bonds is 15. The van der Waals surface area contributed by atoms with Gasteiger partial charge in [-0.25, -0.2) is 38.2 Å². The molecule has 12 heteroatoms. The molecule has 610 valence electrons. The summed E-state index contributed by atoms with van der Waals surface area (Å²) in [5, 5.41) is 8.63. The SMILES string of the molecule is Cc1ccc2c(oc3ncccc32)c1-c1c(-c2ccc(C(C)C)cc2)ccc[n+]1C.Cc1ccc2c(oc3ncccc32)c1-c1c(-c2ccc(CC(C)C)cc2)ccc[n+]1C.Cc1ccc2c(oc3ncccc32)c1-c1cc(-c2ccc(CC(C)C)cc2)cc[n+]1C.Cc1ccc2c(oc3ncccc32)c1-c1ccc(-c2ccc(CC(C)C)cc2)c[n+]1C. The van der Waals surface area contributed by atoms with Crippen LogP contribution >= 0.6 is 0 Å². The highest BCUT2D eigenvalue weighted by Gasteiger charge is 2.30. The standard InChI is InChI=1S/3C28H27N2O.C27H25N2O/c1-18(2)17-20-10-12-21(13-11-20)22-8-6-16-30(4)26(22)25-19(3)9-14-23-24-7-5-15-29-28(24)31-27(23)25;1-18(2)16-20-8-10-21(11-9-20)22-12-14-25(30(4)17-22)26-19(3)7-13-23-24-6-5-15-29-28(24)31-27(23)26;1-18(2)16-20-8-10-21(11-9-20)22-13-15-30(4)25(17-22)26-19(3)7-12-23-24-6-5-14-29-28(24)31-27(23)26;1-17(2)19-10-12-20(13-11-19)21-8-6-16-29(4)25(21)24-18(3)9-14-22-23-7-5-15-28-27(23)30-26(22)24/h5-16,18H,17H2,1-4H3;2*5-15,17-18H,16H2,1-4H3;5-17H,1-4H3/q4*+1. The average Bonchev–Trinajstić information content (AvgIpc) is 1.52. The molecule has 123 heavy (non-hydrogen) atoms. The molecule has 0 aliphatic carbocycles. The minimum absolute atomic E-state index is 0.518. The van der Waals surface area contributed by atoms with Gasteiger partial charge in [0.05, 0.1) is 33.4 Å². The Bertz CT molecular complexity index is 7310. The zero-order chi connectivity index (χ0) is 85.4. The van der Waals surface area contributed by atoms with Crippen LogP contribution in [-0.4, -0.2) is 19.9 Å². The predicted octanol–water partition coefficient (Wildman–Crippen LogP) is 26.5. The van der Waals surface area contributed by atoms with Crippen LogP contribution in [0.5, 0.6) is 0 Å². The van der Waals surface area contributed by atoms with Gasteiger partial charge in [0.2, 0.25) is 45.6 Å². The van der Waals surface area contributed by atoms with Crippen molar-refractivity contribution in [1.82, 2.24) is 19.9 Å². The second-order valence-corrected chi connectivity index (χ2v) is 34.6. The topological polar surface area (TPSA) is 120 Å². The van der Waals surface area contributed by atoms with Gasteiger partial charge in [-0.2, -0.15) is 0 Å². The number of fused-ring (bicyclic) bond motifs is 12. The van der Waals surface area contributed by atoms with Crippen molar-refractivity contribution in [3.8, 4) is 89.5 Å². The quantitative estimate of drug-likeness (QED) is 0.0931. The molecule has 12 aromatic heterocycles. The Morgan fingerprint density at radius 3 is 0.976 bits per heavy atom. The molecule has 12 heterocycles. The molecule has 8 aromatic carbocycles. The number of hydrogen-bond acceptors (Lipinski definition) is 8. The van der Waals surface area contributed by atoms with Crippen molar-refractivity contribution < 1.29 is 35.9 Å². The van der Waals surface area contributed by atoms with E-state index >= 15 is 0 Å². The largest absolute Gasteiger partial charge is 0.437 e. The lowest BCUT2D eigenvalue weighted by molar-refractivity contribution is -0.660. The second-order valence-electron chi connectivity index (χ2n) is 34.6. The summed E-state index contributed by atoms with van der Waals surface area (Å²) in [5.74, 6) is 2.50. The second kappa shape index (κ2) is 34.7. The molecule has 0 unspecified atom stereocenters. The van der Waals surface area contributed by atoms with Crippen LogP contribution in [0.1, 0.15) is 106 Å². The van der Waals surface area contributed by atoms with E-state index in [2.05, 4.69) is 393 Å². The molecule has 20 rings (SSSR count). The Kier molecular flexibility index (Phi) is 23.0. The summed E-state index contributed by atoms with van der Waals surface area (Å²) < 4.78 is 33.8. The normalized spacial score (nSPS) is 11.6. The van der Waals surface area contributed by atoms with E-state index in [-0.39, 0.29) is 0 Å². The molecule has 0 N–H and O–H groups in total. The van der Waals surface area contributed by atoms with E-state index in [1.807, 2.05) is 24.3 Å². The molecule has 0 saturated heterocycles. The van der Waals surface area contributed by atoms with E-state index in [0.29, 0.717) is 46.5 Å². The van der Waals surface area contributed by atoms with E-state index in [0.717, 1.165) is 130 Å². The van der Waals surface area contributed by atoms with Crippen molar-refractivity contribution in [1.29, 1.82) is 0 Å². The molecular weight excluding hydrogens is 1510 g/mol. The molecule has 0 spiro atoms. The third-order valence-corrected chi connectivity index (χ3v) is 23.8. The van der Waals surface area contributed by atoms with Gasteiger partial charge >= 0.3 is 0 Å². The lowest BCUT2D eigenvalue weighted by atomic mass is 9.93. The van der Waals surface area contributed by atoms with E-state index < -0.39 is 0 Å². The Balaban J connectivity index is 0.000000116. The highest BCUT2D eigenvalue weighted by Crippen LogP contribution is 2.44. The van der Waals surface area contributed by atoms with E-state index in [9.17, 15) is 0 Å². The lowest BCUT2D eigenvalue weighted by Gasteiger charge is -2.12. The number of furan rings is 4. The average molecular weight is 1620 g/mol.